The number of unbranched alkanes of at least 4 members (excludes halogenated alkanes) is 1. The molecule has 18 heavy (non-hydrogen) atoms. The van der Waals surface area contributed by atoms with Gasteiger partial charge in [-0.15, -0.1) is 0 Å². The Labute approximate surface area is 112 Å². The Morgan fingerprint density at radius 2 is 2.00 bits per heavy atom. The standard InChI is InChI=1S/C17H26O/c1-6-8-9-16(7-2)15(5)18-17-12-13(3)10-11-14(17)4/h10-12,16H,5-9H2,1-4H3. The molecule has 0 aliphatic carbocycles. The molecule has 0 aliphatic heterocycles. The highest BCUT2D eigenvalue weighted by Gasteiger charge is 2.13. The van der Waals surface area contributed by atoms with Crippen LogP contribution in [0.3, 0.4) is 0 Å². The van der Waals surface area contributed by atoms with Crippen LogP contribution in [-0.2, 0) is 0 Å². The predicted molar refractivity (Wildman–Crippen MR) is 79.0 cm³/mol. The fourth-order valence-corrected chi connectivity index (χ4v) is 2.09. The quantitative estimate of drug-likeness (QED) is 0.584. The lowest BCUT2D eigenvalue weighted by Crippen LogP contribution is -2.08. The molecule has 0 spiro atoms. The highest BCUT2D eigenvalue weighted by atomic mass is 16.5. The number of hydrogen-bond donors (Lipinski definition) is 0. The molecule has 1 unspecified atom stereocenters. The second-order valence-electron chi connectivity index (χ2n) is 5.08. The normalized spacial score (nSPS) is 12.2. The minimum absolute atomic E-state index is 0.477. The van der Waals surface area contributed by atoms with Crippen LogP contribution in [0.1, 0.15) is 50.7 Å². The third kappa shape index (κ3) is 4.21. The molecule has 0 aliphatic rings. The maximum Gasteiger partial charge on any atom is 0.130 e. The van der Waals surface area contributed by atoms with Gasteiger partial charge < -0.3 is 4.74 Å². The van der Waals surface area contributed by atoms with E-state index in [4.69, 9.17) is 4.74 Å². The lowest BCUT2D eigenvalue weighted by Gasteiger charge is -2.19. The second kappa shape index (κ2) is 7.25. The van der Waals surface area contributed by atoms with Crippen LogP contribution in [0.2, 0.25) is 0 Å². The lowest BCUT2D eigenvalue weighted by atomic mass is 9.98. The maximum atomic E-state index is 5.98. The average molecular weight is 246 g/mol. The fourth-order valence-electron chi connectivity index (χ4n) is 2.09. The summed E-state index contributed by atoms with van der Waals surface area (Å²) in [5.74, 6) is 2.35. The third-order valence-electron chi connectivity index (χ3n) is 3.44. The van der Waals surface area contributed by atoms with Crippen molar-refractivity contribution in [3.8, 4) is 5.75 Å². The van der Waals surface area contributed by atoms with E-state index in [1.165, 1.54) is 30.4 Å². The Balaban J connectivity index is 2.70. The zero-order chi connectivity index (χ0) is 13.5. The second-order valence-corrected chi connectivity index (χ2v) is 5.08. The van der Waals surface area contributed by atoms with E-state index < -0.39 is 0 Å². The van der Waals surface area contributed by atoms with Gasteiger partial charge in [-0.1, -0.05) is 45.4 Å². The molecule has 0 saturated carbocycles. The molecule has 0 radical (unpaired) electrons. The molecule has 0 aromatic heterocycles. The summed E-state index contributed by atoms with van der Waals surface area (Å²) in [7, 11) is 0. The molecule has 0 amide bonds. The minimum atomic E-state index is 0.477. The molecular formula is C17H26O. The van der Waals surface area contributed by atoms with Gasteiger partial charge in [0, 0.05) is 5.92 Å². The first-order valence-electron chi connectivity index (χ1n) is 7.02. The summed E-state index contributed by atoms with van der Waals surface area (Å²) >= 11 is 0. The van der Waals surface area contributed by atoms with E-state index in [-0.39, 0.29) is 0 Å². The van der Waals surface area contributed by atoms with Gasteiger partial charge in [0.1, 0.15) is 5.75 Å². The topological polar surface area (TPSA) is 9.23 Å². The molecule has 0 heterocycles. The van der Waals surface area contributed by atoms with Crippen LogP contribution in [0.15, 0.2) is 30.5 Å². The highest BCUT2D eigenvalue weighted by molar-refractivity contribution is 5.37. The van der Waals surface area contributed by atoms with Gasteiger partial charge in [0.05, 0.1) is 5.76 Å². The molecule has 1 aromatic carbocycles. The Kier molecular flexibility index (Phi) is 5.97. The average Bonchev–Trinajstić information content (AvgIpc) is 2.35. The first-order valence-corrected chi connectivity index (χ1v) is 7.02. The van der Waals surface area contributed by atoms with E-state index in [0.717, 1.165) is 17.9 Å². The molecule has 0 saturated heterocycles. The smallest absolute Gasteiger partial charge is 0.130 e. The minimum Gasteiger partial charge on any atom is -0.462 e. The summed E-state index contributed by atoms with van der Waals surface area (Å²) in [5.41, 5.74) is 2.40. The number of rotatable bonds is 7. The van der Waals surface area contributed by atoms with Crippen molar-refractivity contribution in [2.75, 3.05) is 0 Å². The van der Waals surface area contributed by atoms with Gasteiger partial charge in [0.2, 0.25) is 0 Å². The fraction of sp³-hybridized carbons (Fsp3) is 0.529. The molecule has 100 valence electrons. The van der Waals surface area contributed by atoms with E-state index in [1.54, 1.807) is 0 Å². The molecule has 0 fully saturated rings. The molecular weight excluding hydrogens is 220 g/mol. The van der Waals surface area contributed by atoms with Crippen molar-refractivity contribution < 1.29 is 4.74 Å². The monoisotopic (exact) mass is 246 g/mol. The summed E-state index contributed by atoms with van der Waals surface area (Å²) in [5, 5.41) is 0. The Morgan fingerprint density at radius 1 is 1.28 bits per heavy atom. The van der Waals surface area contributed by atoms with Crippen molar-refractivity contribution in [2.45, 2.75) is 53.4 Å². The number of allylic oxidation sites excluding steroid dienone is 1. The van der Waals surface area contributed by atoms with Crippen LogP contribution >= 0.6 is 0 Å². The first kappa shape index (κ1) is 14.8. The summed E-state index contributed by atoms with van der Waals surface area (Å²) in [6.07, 6.45) is 4.75. The van der Waals surface area contributed by atoms with E-state index in [2.05, 4.69) is 52.5 Å². The summed E-state index contributed by atoms with van der Waals surface area (Å²) in [6.45, 7) is 12.7. The zero-order valence-corrected chi connectivity index (χ0v) is 12.3. The Bertz CT molecular complexity index is 393. The summed E-state index contributed by atoms with van der Waals surface area (Å²) < 4.78 is 5.98. The van der Waals surface area contributed by atoms with Gasteiger partial charge in [-0.25, -0.2) is 0 Å². The molecule has 1 nitrogen and oxygen atoms in total. The van der Waals surface area contributed by atoms with Gasteiger partial charge in [-0.3, -0.25) is 0 Å². The molecule has 1 rings (SSSR count). The first-order chi connectivity index (χ1) is 8.58. The van der Waals surface area contributed by atoms with Crippen LogP contribution in [-0.4, -0.2) is 0 Å². The lowest BCUT2D eigenvalue weighted by molar-refractivity contribution is 0.325. The maximum absolute atomic E-state index is 5.98. The van der Waals surface area contributed by atoms with Crippen molar-refractivity contribution >= 4 is 0 Å². The Hall–Kier alpha value is -1.24. The van der Waals surface area contributed by atoms with E-state index >= 15 is 0 Å². The molecule has 0 N–H and O–H groups in total. The number of benzene rings is 1. The van der Waals surface area contributed by atoms with Crippen LogP contribution in [0, 0.1) is 19.8 Å². The summed E-state index contributed by atoms with van der Waals surface area (Å²) in [6, 6.07) is 6.30. The third-order valence-corrected chi connectivity index (χ3v) is 3.44. The van der Waals surface area contributed by atoms with Crippen LogP contribution in [0.25, 0.3) is 0 Å². The van der Waals surface area contributed by atoms with Crippen LogP contribution < -0.4 is 4.74 Å². The van der Waals surface area contributed by atoms with Gasteiger partial charge in [-0.2, -0.15) is 0 Å². The van der Waals surface area contributed by atoms with E-state index in [9.17, 15) is 0 Å². The van der Waals surface area contributed by atoms with Gasteiger partial charge >= 0.3 is 0 Å². The molecule has 0 bridgehead atoms. The van der Waals surface area contributed by atoms with Crippen molar-refractivity contribution in [3.63, 3.8) is 0 Å². The molecule has 1 heteroatoms. The van der Waals surface area contributed by atoms with Crippen molar-refractivity contribution in [3.05, 3.63) is 41.7 Å². The van der Waals surface area contributed by atoms with E-state index in [1.807, 2.05) is 0 Å². The number of ether oxygens (including phenoxy) is 1. The Morgan fingerprint density at radius 3 is 2.61 bits per heavy atom. The number of aryl methyl sites for hydroxylation is 2. The highest BCUT2D eigenvalue weighted by Crippen LogP contribution is 2.27. The molecule has 1 atom stereocenters. The van der Waals surface area contributed by atoms with E-state index in [0.29, 0.717) is 5.92 Å². The van der Waals surface area contributed by atoms with Gasteiger partial charge in [-0.05, 0) is 43.9 Å². The number of hydrogen-bond acceptors (Lipinski definition) is 1. The van der Waals surface area contributed by atoms with Gasteiger partial charge in [0.15, 0.2) is 0 Å². The largest absolute Gasteiger partial charge is 0.462 e. The van der Waals surface area contributed by atoms with Gasteiger partial charge in [0.25, 0.3) is 0 Å². The van der Waals surface area contributed by atoms with Crippen LogP contribution in [0.5, 0.6) is 5.75 Å². The van der Waals surface area contributed by atoms with Crippen molar-refractivity contribution in [1.29, 1.82) is 0 Å². The van der Waals surface area contributed by atoms with Crippen molar-refractivity contribution in [1.82, 2.24) is 0 Å². The zero-order valence-electron chi connectivity index (χ0n) is 12.3. The van der Waals surface area contributed by atoms with Crippen LogP contribution in [0.4, 0.5) is 0 Å². The van der Waals surface area contributed by atoms with Crippen molar-refractivity contribution in [2.24, 2.45) is 5.92 Å². The summed E-state index contributed by atoms with van der Waals surface area (Å²) in [4.78, 5) is 0. The predicted octanol–water partition coefficient (Wildman–Crippen LogP) is 5.41. The SMILES string of the molecule is C=C(Oc1cc(C)ccc1C)C(CC)CCCC. The molecule has 1 aromatic rings.